The molecule has 17 heavy (non-hydrogen) atoms. The largest absolute Gasteiger partial charge is 0.399 e. The molecule has 0 radical (unpaired) electrons. The number of benzene rings is 1. The maximum absolute atomic E-state index is 11.9. The lowest BCUT2D eigenvalue weighted by Gasteiger charge is -2.21. The van der Waals surface area contributed by atoms with E-state index in [1.165, 1.54) is 0 Å². The van der Waals surface area contributed by atoms with E-state index in [1.54, 1.807) is 24.3 Å². The molecule has 0 spiro atoms. The minimum atomic E-state index is -1.28. The highest BCUT2D eigenvalue weighted by molar-refractivity contribution is 7.83. The molecule has 0 aliphatic heterocycles. The molecule has 1 aliphatic carbocycles. The summed E-state index contributed by atoms with van der Waals surface area (Å²) in [5.74, 6) is 0. The van der Waals surface area contributed by atoms with Crippen molar-refractivity contribution in [1.82, 2.24) is 4.72 Å². The monoisotopic (exact) mass is 254 g/mol. The zero-order valence-electron chi connectivity index (χ0n) is 9.69. The molecular weight excluding hydrogens is 236 g/mol. The first kappa shape index (κ1) is 12.5. The first-order chi connectivity index (χ1) is 8.09. The van der Waals surface area contributed by atoms with Crippen LogP contribution in [0.25, 0.3) is 0 Å². The van der Waals surface area contributed by atoms with Gasteiger partial charge in [-0.25, -0.2) is 8.93 Å². The highest BCUT2D eigenvalue weighted by Gasteiger charge is 2.31. The van der Waals surface area contributed by atoms with Crippen LogP contribution in [-0.4, -0.2) is 21.5 Å². The molecular formula is C12H18N2O2S. The van der Waals surface area contributed by atoms with Crippen LogP contribution in [0, 0.1) is 0 Å². The van der Waals surface area contributed by atoms with Crippen LogP contribution in [0.3, 0.4) is 0 Å². The Morgan fingerprint density at radius 1 is 1.29 bits per heavy atom. The number of hydrogen-bond donors (Lipinski definition) is 3. The molecule has 1 atom stereocenters. The minimum absolute atomic E-state index is 0.379. The van der Waals surface area contributed by atoms with E-state index in [0.717, 1.165) is 25.7 Å². The summed E-state index contributed by atoms with van der Waals surface area (Å²) in [6, 6.07) is 6.91. The van der Waals surface area contributed by atoms with Crippen LogP contribution >= 0.6 is 0 Å². The summed E-state index contributed by atoms with van der Waals surface area (Å²) < 4.78 is 14.8. The van der Waals surface area contributed by atoms with E-state index in [4.69, 9.17) is 5.73 Å². The van der Waals surface area contributed by atoms with E-state index in [9.17, 15) is 9.32 Å². The van der Waals surface area contributed by atoms with Crippen LogP contribution in [0.4, 0.5) is 5.69 Å². The van der Waals surface area contributed by atoms with E-state index < -0.39 is 16.6 Å². The molecule has 1 aromatic rings. The Bertz CT molecular complexity index is 399. The van der Waals surface area contributed by atoms with Gasteiger partial charge in [0.05, 0.1) is 10.5 Å². The molecule has 4 nitrogen and oxygen atoms in total. The van der Waals surface area contributed by atoms with Crippen molar-refractivity contribution in [2.75, 3.05) is 12.3 Å². The van der Waals surface area contributed by atoms with Crippen LogP contribution in [0.15, 0.2) is 29.2 Å². The van der Waals surface area contributed by atoms with Crippen molar-refractivity contribution < 1.29 is 9.32 Å². The number of nitrogens with two attached hydrogens (primary N) is 1. The lowest BCUT2D eigenvalue weighted by atomic mass is 10.0. The van der Waals surface area contributed by atoms with Crippen molar-refractivity contribution in [2.24, 2.45) is 0 Å². The van der Waals surface area contributed by atoms with Gasteiger partial charge >= 0.3 is 0 Å². The summed E-state index contributed by atoms with van der Waals surface area (Å²) in [6.07, 6.45) is 3.68. The van der Waals surface area contributed by atoms with Gasteiger partial charge in [-0.05, 0) is 37.1 Å². The maximum atomic E-state index is 11.9. The van der Waals surface area contributed by atoms with Gasteiger partial charge in [0.15, 0.2) is 0 Å². The smallest absolute Gasteiger partial charge is 0.124 e. The van der Waals surface area contributed by atoms with Gasteiger partial charge in [-0.15, -0.1) is 0 Å². The Labute approximate surface area is 104 Å². The average molecular weight is 254 g/mol. The topological polar surface area (TPSA) is 75.4 Å². The second-order valence-corrected chi connectivity index (χ2v) is 5.89. The lowest BCUT2D eigenvalue weighted by Crippen LogP contribution is -2.38. The van der Waals surface area contributed by atoms with E-state index in [2.05, 4.69) is 4.72 Å². The molecule has 0 aromatic heterocycles. The molecule has 5 heteroatoms. The summed E-state index contributed by atoms with van der Waals surface area (Å²) in [5, 5.41) is 10.1. The Kier molecular flexibility index (Phi) is 3.81. The SMILES string of the molecule is Nc1ccc(S(=O)NCC2(O)CCCC2)cc1. The highest BCUT2D eigenvalue weighted by Crippen LogP contribution is 2.28. The average Bonchev–Trinajstić information content (AvgIpc) is 2.75. The summed E-state index contributed by atoms with van der Waals surface area (Å²) >= 11 is 0. The van der Waals surface area contributed by atoms with Crippen molar-refractivity contribution >= 4 is 16.7 Å². The van der Waals surface area contributed by atoms with Crippen molar-refractivity contribution in [3.8, 4) is 0 Å². The van der Waals surface area contributed by atoms with E-state index in [-0.39, 0.29) is 0 Å². The van der Waals surface area contributed by atoms with Crippen LogP contribution in [-0.2, 0) is 11.0 Å². The summed E-state index contributed by atoms with van der Waals surface area (Å²) in [7, 11) is -1.28. The molecule has 4 N–H and O–H groups in total. The summed E-state index contributed by atoms with van der Waals surface area (Å²) in [4.78, 5) is 0.681. The van der Waals surface area contributed by atoms with Gasteiger partial charge in [0.1, 0.15) is 11.0 Å². The van der Waals surface area contributed by atoms with Crippen molar-refractivity contribution in [1.29, 1.82) is 0 Å². The second kappa shape index (κ2) is 5.16. The molecule has 1 fully saturated rings. The Hall–Kier alpha value is -0.910. The van der Waals surface area contributed by atoms with Gasteiger partial charge in [-0.1, -0.05) is 12.8 Å². The Morgan fingerprint density at radius 2 is 1.88 bits per heavy atom. The second-order valence-electron chi connectivity index (χ2n) is 4.59. The molecule has 1 aliphatic rings. The van der Waals surface area contributed by atoms with Crippen molar-refractivity contribution in [3.63, 3.8) is 0 Å². The van der Waals surface area contributed by atoms with Crippen LogP contribution in [0.1, 0.15) is 25.7 Å². The number of aliphatic hydroxyl groups is 1. The molecule has 94 valence electrons. The quantitative estimate of drug-likeness (QED) is 0.706. The number of nitrogen functional groups attached to an aromatic ring is 1. The Morgan fingerprint density at radius 3 is 2.47 bits per heavy atom. The lowest BCUT2D eigenvalue weighted by molar-refractivity contribution is 0.0535. The minimum Gasteiger partial charge on any atom is -0.399 e. The molecule has 0 bridgehead atoms. The van der Waals surface area contributed by atoms with Crippen molar-refractivity contribution in [2.45, 2.75) is 36.2 Å². The third kappa shape index (κ3) is 3.28. The van der Waals surface area contributed by atoms with Crippen molar-refractivity contribution in [3.05, 3.63) is 24.3 Å². The first-order valence-corrected chi connectivity index (χ1v) is 6.97. The van der Waals surface area contributed by atoms with Crippen LogP contribution in [0.2, 0.25) is 0 Å². The Balaban J connectivity index is 1.91. The van der Waals surface area contributed by atoms with Gasteiger partial charge in [-0.2, -0.15) is 0 Å². The molecule has 1 saturated carbocycles. The van der Waals surface area contributed by atoms with Gasteiger partial charge in [0, 0.05) is 12.2 Å². The van der Waals surface area contributed by atoms with E-state index in [0.29, 0.717) is 17.1 Å². The number of anilines is 1. The standard InChI is InChI=1S/C12H18N2O2S/c13-10-3-5-11(6-4-10)17(16)14-9-12(15)7-1-2-8-12/h3-6,14-15H,1-2,7-9,13H2. The molecule has 0 amide bonds. The predicted octanol–water partition coefficient (Wildman–Crippen LogP) is 1.19. The number of hydrogen-bond acceptors (Lipinski definition) is 3. The fraction of sp³-hybridized carbons (Fsp3) is 0.500. The maximum Gasteiger partial charge on any atom is 0.124 e. The van der Waals surface area contributed by atoms with E-state index >= 15 is 0 Å². The first-order valence-electron chi connectivity index (χ1n) is 5.82. The zero-order valence-corrected chi connectivity index (χ0v) is 10.5. The van der Waals surface area contributed by atoms with Gasteiger partial charge < -0.3 is 10.8 Å². The molecule has 0 heterocycles. The fourth-order valence-electron chi connectivity index (χ4n) is 2.08. The third-order valence-electron chi connectivity index (χ3n) is 3.16. The molecule has 0 saturated heterocycles. The molecule has 1 aromatic carbocycles. The van der Waals surface area contributed by atoms with Gasteiger partial charge in [0.25, 0.3) is 0 Å². The number of rotatable bonds is 4. The third-order valence-corrected chi connectivity index (χ3v) is 4.27. The molecule has 1 unspecified atom stereocenters. The van der Waals surface area contributed by atoms with Gasteiger partial charge in [0.2, 0.25) is 0 Å². The summed E-state index contributed by atoms with van der Waals surface area (Å²) in [5.41, 5.74) is 5.54. The zero-order chi connectivity index (χ0) is 12.3. The van der Waals surface area contributed by atoms with Crippen LogP contribution in [0.5, 0.6) is 0 Å². The number of nitrogens with one attached hydrogen (secondary N) is 1. The molecule has 2 rings (SSSR count). The highest BCUT2D eigenvalue weighted by atomic mass is 32.2. The fourth-order valence-corrected chi connectivity index (χ4v) is 3.03. The summed E-state index contributed by atoms with van der Waals surface area (Å²) in [6.45, 7) is 0.379. The normalized spacial score (nSPS) is 20.3. The van der Waals surface area contributed by atoms with Gasteiger partial charge in [-0.3, -0.25) is 0 Å². The van der Waals surface area contributed by atoms with Crippen LogP contribution < -0.4 is 10.5 Å². The predicted molar refractivity (Wildman–Crippen MR) is 68.7 cm³/mol. The van der Waals surface area contributed by atoms with E-state index in [1.807, 2.05) is 0 Å².